The van der Waals surface area contributed by atoms with Crippen molar-refractivity contribution in [2.45, 2.75) is 26.4 Å². The molecule has 3 aromatic rings. The summed E-state index contributed by atoms with van der Waals surface area (Å²) >= 11 is 24.2. The second-order valence-corrected chi connectivity index (χ2v) is 7.54. The second kappa shape index (κ2) is 8.52. The van der Waals surface area contributed by atoms with Gasteiger partial charge < -0.3 is 5.32 Å². The van der Waals surface area contributed by atoms with E-state index in [1.54, 1.807) is 40.8 Å². The molecule has 2 aromatic heterocycles. The Kier molecular flexibility index (Phi) is 6.32. The normalized spacial score (nSPS) is 11.0. The second-order valence-electron chi connectivity index (χ2n) is 5.88. The summed E-state index contributed by atoms with van der Waals surface area (Å²) in [7, 11) is 0. The van der Waals surface area contributed by atoms with Crippen LogP contribution >= 0.6 is 46.4 Å². The Morgan fingerprint density at radius 3 is 2.44 bits per heavy atom. The van der Waals surface area contributed by atoms with Gasteiger partial charge in [0.1, 0.15) is 5.02 Å². The highest BCUT2D eigenvalue weighted by molar-refractivity contribution is 6.35. The maximum absolute atomic E-state index is 12.2. The molecule has 1 N–H and O–H groups in total. The third-order valence-electron chi connectivity index (χ3n) is 3.78. The zero-order chi connectivity index (χ0) is 19.6. The van der Waals surface area contributed by atoms with Gasteiger partial charge in [0.15, 0.2) is 5.82 Å². The number of carbonyl (C=O) groups is 1. The van der Waals surface area contributed by atoms with Crippen molar-refractivity contribution in [3.63, 3.8) is 0 Å². The average molecular weight is 447 g/mol. The smallest absolute Gasteiger partial charge is 0.227 e. The molecule has 0 aliphatic rings. The van der Waals surface area contributed by atoms with E-state index in [0.717, 1.165) is 11.3 Å². The van der Waals surface area contributed by atoms with Crippen LogP contribution in [0.25, 0.3) is 0 Å². The van der Waals surface area contributed by atoms with Crippen LogP contribution in [0.1, 0.15) is 17.7 Å². The van der Waals surface area contributed by atoms with Crippen LogP contribution in [0.2, 0.25) is 20.1 Å². The zero-order valence-electron chi connectivity index (χ0n) is 14.2. The molecule has 1 aromatic carbocycles. The van der Waals surface area contributed by atoms with Crippen LogP contribution in [0.4, 0.5) is 5.82 Å². The van der Waals surface area contributed by atoms with Crippen molar-refractivity contribution in [2.75, 3.05) is 5.32 Å². The summed E-state index contributed by atoms with van der Waals surface area (Å²) < 4.78 is 3.23. The molecule has 1 amide bonds. The van der Waals surface area contributed by atoms with E-state index < -0.39 is 0 Å². The molecule has 142 valence electrons. The summed E-state index contributed by atoms with van der Waals surface area (Å²) in [6.07, 6.45) is 3.52. The van der Waals surface area contributed by atoms with Crippen molar-refractivity contribution in [1.29, 1.82) is 0 Å². The number of anilines is 1. The molecule has 0 bridgehead atoms. The van der Waals surface area contributed by atoms with Gasteiger partial charge in [-0.3, -0.25) is 14.2 Å². The fourth-order valence-electron chi connectivity index (χ4n) is 2.41. The first kappa shape index (κ1) is 20.0. The number of rotatable bonds is 6. The van der Waals surface area contributed by atoms with Crippen LogP contribution in [0.5, 0.6) is 0 Å². The molecule has 0 saturated carbocycles. The summed E-state index contributed by atoms with van der Waals surface area (Å²) in [6.45, 7) is 2.60. The maximum atomic E-state index is 12.2. The summed E-state index contributed by atoms with van der Waals surface area (Å²) in [4.78, 5) is 12.2. The van der Waals surface area contributed by atoms with Crippen molar-refractivity contribution in [2.24, 2.45) is 0 Å². The molecule has 0 atom stereocenters. The zero-order valence-corrected chi connectivity index (χ0v) is 17.2. The van der Waals surface area contributed by atoms with Crippen molar-refractivity contribution >= 4 is 58.1 Å². The molecule has 0 saturated heterocycles. The third kappa shape index (κ3) is 5.17. The van der Waals surface area contributed by atoms with Gasteiger partial charge in [-0.2, -0.15) is 10.2 Å². The Hall–Kier alpha value is -1.73. The maximum Gasteiger partial charge on any atom is 0.227 e. The lowest BCUT2D eigenvalue weighted by Gasteiger charge is -2.05. The van der Waals surface area contributed by atoms with Gasteiger partial charge in [-0.25, -0.2) is 0 Å². The average Bonchev–Trinajstić information content (AvgIpc) is 3.10. The first-order valence-electron chi connectivity index (χ1n) is 7.98. The van der Waals surface area contributed by atoms with Gasteiger partial charge in [0.05, 0.1) is 17.3 Å². The molecule has 27 heavy (non-hydrogen) atoms. The van der Waals surface area contributed by atoms with Crippen molar-refractivity contribution in [3.05, 3.63) is 61.9 Å². The molecule has 0 aliphatic carbocycles. The van der Waals surface area contributed by atoms with Gasteiger partial charge in [-0.1, -0.05) is 52.5 Å². The molecule has 2 heterocycles. The molecule has 0 fully saturated rings. The third-order valence-corrected chi connectivity index (χ3v) is 5.01. The van der Waals surface area contributed by atoms with Crippen LogP contribution in [-0.4, -0.2) is 25.5 Å². The topological polar surface area (TPSA) is 64.7 Å². The van der Waals surface area contributed by atoms with Gasteiger partial charge in [-0.05, 0) is 24.6 Å². The van der Waals surface area contributed by atoms with E-state index in [9.17, 15) is 4.79 Å². The number of nitrogens with zero attached hydrogens (tertiary/aromatic N) is 4. The fourth-order valence-corrected chi connectivity index (χ4v) is 3.22. The monoisotopic (exact) mass is 445 g/mol. The first-order valence-corrected chi connectivity index (χ1v) is 9.49. The fraction of sp³-hybridized carbons (Fsp3) is 0.235. The number of hydrogen-bond donors (Lipinski definition) is 1. The minimum atomic E-state index is -0.226. The van der Waals surface area contributed by atoms with Gasteiger partial charge in [0.2, 0.25) is 5.91 Å². The number of halogens is 4. The molecule has 6 nitrogen and oxygen atoms in total. The Morgan fingerprint density at radius 2 is 1.78 bits per heavy atom. The summed E-state index contributed by atoms with van der Waals surface area (Å²) in [5, 5.41) is 13.2. The Bertz CT molecular complexity index is 962. The lowest BCUT2D eigenvalue weighted by Crippen LogP contribution is -2.15. The predicted octanol–water partition coefficient (Wildman–Crippen LogP) is 5.08. The highest BCUT2D eigenvalue weighted by atomic mass is 35.5. The molecule has 10 heteroatoms. The Balaban J connectivity index is 1.61. The molecule has 0 unspecified atom stereocenters. The number of nitrogens with one attached hydrogen (secondary N) is 1. The summed E-state index contributed by atoms with van der Waals surface area (Å²) in [5.41, 5.74) is 1.56. The van der Waals surface area contributed by atoms with Crippen molar-refractivity contribution in [3.8, 4) is 0 Å². The van der Waals surface area contributed by atoms with E-state index in [2.05, 4.69) is 15.5 Å². The van der Waals surface area contributed by atoms with E-state index in [0.29, 0.717) is 39.0 Å². The minimum absolute atomic E-state index is 0.212. The predicted molar refractivity (Wildman–Crippen MR) is 108 cm³/mol. The van der Waals surface area contributed by atoms with Crippen molar-refractivity contribution < 1.29 is 4.79 Å². The summed E-state index contributed by atoms with van der Waals surface area (Å²) in [5.74, 6) is 0.0670. The molecule has 0 spiro atoms. The number of amides is 1. The van der Waals surface area contributed by atoms with Crippen molar-refractivity contribution in [1.82, 2.24) is 19.6 Å². The lowest BCUT2D eigenvalue weighted by molar-refractivity contribution is -0.116. The number of carbonyl (C=O) groups excluding carboxylic acids is 1. The van der Waals surface area contributed by atoms with Crippen LogP contribution in [0.3, 0.4) is 0 Å². The number of hydrogen-bond acceptors (Lipinski definition) is 3. The van der Waals surface area contributed by atoms with Gasteiger partial charge >= 0.3 is 0 Å². The number of benzene rings is 1. The number of aryl methyl sites for hydroxylation is 2. The van der Waals surface area contributed by atoms with Gasteiger partial charge in [0, 0.05) is 35.4 Å². The molecule has 0 radical (unpaired) electrons. The lowest BCUT2D eigenvalue weighted by atomic mass is 10.2. The number of aromatic nitrogens is 4. The van der Waals surface area contributed by atoms with E-state index in [-0.39, 0.29) is 12.3 Å². The van der Waals surface area contributed by atoms with E-state index in [1.165, 1.54) is 0 Å². The van der Waals surface area contributed by atoms with Crippen LogP contribution in [0, 0.1) is 6.92 Å². The molecular weight excluding hydrogens is 432 g/mol. The molecular formula is C17H15Cl4N5O. The molecule has 3 rings (SSSR count). The van der Waals surface area contributed by atoms with Crippen LogP contribution in [0.15, 0.2) is 30.6 Å². The highest BCUT2D eigenvalue weighted by Gasteiger charge is 2.12. The van der Waals surface area contributed by atoms with Crippen LogP contribution < -0.4 is 5.32 Å². The SMILES string of the molecule is Cc1nn(CCC(=O)Nc2nn(Cc3ccc(Cl)cc3Cl)cc2Cl)cc1Cl. The van der Waals surface area contributed by atoms with E-state index >= 15 is 0 Å². The molecule has 0 aliphatic heterocycles. The van der Waals surface area contributed by atoms with Gasteiger partial charge in [0.25, 0.3) is 0 Å². The Morgan fingerprint density at radius 1 is 1.04 bits per heavy atom. The van der Waals surface area contributed by atoms with E-state index in [4.69, 9.17) is 46.4 Å². The highest BCUT2D eigenvalue weighted by Crippen LogP contribution is 2.24. The summed E-state index contributed by atoms with van der Waals surface area (Å²) in [6, 6.07) is 5.23. The largest absolute Gasteiger partial charge is 0.308 e. The standard InChI is InChI=1S/C17H15Cl4N5O/c1-10-14(20)8-25(23-10)5-4-16(27)22-17-15(21)9-26(24-17)7-11-2-3-12(18)6-13(11)19/h2-3,6,8-9H,4-5,7H2,1H3,(H,22,24,27). The van der Waals surface area contributed by atoms with E-state index in [1.807, 2.05) is 6.07 Å². The van der Waals surface area contributed by atoms with Gasteiger partial charge in [-0.15, -0.1) is 0 Å². The first-order chi connectivity index (χ1) is 12.8. The quantitative estimate of drug-likeness (QED) is 0.574. The Labute approximate surface area is 176 Å². The minimum Gasteiger partial charge on any atom is -0.308 e. The van der Waals surface area contributed by atoms with Crippen LogP contribution in [-0.2, 0) is 17.9 Å².